The van der Waals surface area contributed by atoms with Gasteiger partial charge in [-0.2, -0.15) is 0 Å². The van der Waals surface area contributed by atoms with Crippen LogP contribution in [0, 0.1) is 17.8 Å². The maximum Gasteiger partial charge on any atom is 0.311 e. The molecule has 0 aliphatic carbocycles. The number of carbonyl (C=O) groups is 2. The third-order valence-corrected chi connectivity index (χ3v) is 15.7. The zero-order valence-corrected chi connectivity index (χ0v) is 44.7. The number of amides is 1. The number of aliphatic hydroxyl groups is 5. The Kier molecular flexibility index (Phi) is 21.0. The molecule has 5 rings (SSSR count). The molecule has 71 heavy (non-hydrogen) atoms. The summed E-state index contributed by atoms with van der Waals surface area (Å²) in [5, 5.41) is 67.0. The van der Waals surface area contributed by atoms with E-state index >= 15 is 0 Å². The molecule has 18 atom stereocenters. The maximum atomic E-state index is 14.5. The van der Waals surface area contributed by atoms with Crippen LogP contribution in [0.1, 0.15) is 114 Å². The molecule has 0 bridgehead atoms. The van der Waals surface area contributed by atoms with Crippen LogP contribution >= 0.6 is 0 Å². The van der Waals surface area contributed by atoms with Crippen LogP contribution in [0.25, 0.3) is 10.9 Å². The highest BCUT2D eigenvalue weighted by Gasteiger charge is 2.53. The molecule has 18 nitrogen and oxygen atoms in total. The number of cyclic esters (lactones) is 1. The van der Waals surface area contributed by atoms with E-state index in [1.165, 1.54) is 14.0 Å². The number of nitrogens with zero attached hydrogens (tertiary/aromatic N) is 3. The van der Waals surface area contributed by atoms with Crippen LogP contribution in [0.15, 0.2) is 36.5 Å². The van der Waals surface area contributed by atoms with Gasteiger partial charge in [-0.15, -0.1) is 0 Å². The highest BCUT2D eigenvalue weighted by atomic mass is 16.7. The van der Waals surface area contributed by atoms with Crippen molar-refractivity contribution in [3.05, 3.63) is 36.5 Å². The second kappa shape index (κ2) is 25.4. The molecule has 3 fully saturated rings. The SMILES string of the molecule is CC[C@H]1OC(=O)[C@H](C)[C@@H](O[C@H]2C[C@@](C)(OC)[C@@H](O)[C@H](C)O2)[C@H](C)[C@@H](O[C@@H]2O[C@H](C)C[C@H](N(C)CCCNC(=O)CCCNc3ccnc4ccccc34)[C@H]2O)[C@](C)(O)C[C@@H](C)CN(C)[C@H](C)[C@@H](O)[C@]1(C)O. The summed E-state index contributed by atoms with van der Waals surface area (Å²) < 4.78 is 38.2. The van der Waals surface area contributed by atoms with Crippen LogP contribution in [0.4, 0.5) is 5.69 Å². The molecule has 0 radical (unpaired) electrons. The molecule has 3 saturated heterocycles. The van der Waals surface area contributed by atoms with Gasteiger partial charge in [-0.3, -0.25) is 14.6 Å². The van der Waals surface area contributed by atoms with E-state index in [4.69, 9.17) is 28.4 Å². The van der Waals surface area contributed by atoms with Gasteiger partial charge >= 0.3 is 5.97 Å². The number of fused-ring (bicyclic) bond motifs is 1. The highest BCUT2D eigenvalue weighted by Crippen LogP contribution is 2.40. The lowest BCUT2D eigenvalue weighted by molar-refractivity contribution is -0.318. The number of ether oxygens (including phenoxy) is 6. The summed E-state index contributed by atoms with van der Waals surface area (Å²) in [6, 6.07) is 8.88. The number of aliphatic hydroxyl groups excluding tert-OH is 3. The Morgan fingerprint density at radius 3 is 2.35 bits per heavy atom. The Morgan fingerprint density at radius 2 is 1.66 bits per heavy atom. The Hall–Kier alpha value is -3.11. The van der Waals surface area contributed by atoms with E-state index in [2.05, 4.69) is 15.6 Å². The summed E-state index contributed by atoms with van der Waals surface area (Å²) in [6.07, 6.45) is -5.60. The molecule has 0 spiro atoms. The van der Waals surface area contributed by atoms with Crippen LogP contribution in [0.5, 0.6) is 0 Å². The van der Waals surface area contributed by atoms with Crippen molar-refractivity contribution in [2.45, 2.75) is 204 Å². The molecule has 1 amide bonds. The summed E-state index contributed by atoms with van der Waals surface area (Å²) in [5.41, 5.74) is -2.63. The summed E-state index contributed by atoms with van der Waals surface area (Å²) in [5.74, 6) is -2.81. The quantitative estimate of drug-likeness (QED) is 0.0922. The molecule has 4 heterocycles. The number of rotatable bonds is 16. The number of pyridine rings is 1. The van der Waals surface area contributed by atoms with Gasteiger partial charge in [0.25, 0.3) is 0 Å². The zero-order valence-electron chi connectivity index (χ0n) is 44.7. The number of aromatic nitrogens is 1. The fourth-order valence-electron chi connectivity index (χ4n) is 11.2. The van der Waals surface area contributed by atoms with Crippen molar-refractivity contribution in [2.75, 3.05) is 52.7 Å². The van der Waals surface area contributed by atoms with E-state index in [0.29, 0.717) is 51.9 Å². The van der Waals surface area contributed by atoms with E-state index < -0.39 is 102 Å². The molecule has 18 heteroatoms. The number of hydrogen-bond acceptors (Lipinski definition) is 17. The number of anilines is 1. The standard InChI is InChI=1S/C53H89N5O13/c1-14-41-53(10,65)46(61)35(6)58(12)30-31(2)28-51(8,64)48(33(4)45(34(5)49(63)69-41)70-43-29-52(9,66-13)47(62)36(7)68-43)71-50-44(60)40(27-32(3)67-50)57(11)26-18-24-56-42(59)21-17-23-54-39-22-25-55-38-20-16-15-19-37(38)39/h15-16,19-20,22,25,31-36,40-41,43-48,50,60-62,64-65H,14,17-18,21,23-24,26-30H2,1-13H3,(H,54,55)(H,56,59)/t31-,32-,33+,34-,35-,36+,40+,41-,43+,44-,45+,46-,47+,48-,50+,51-,52-,53-/m1/s1. The van der Waals surface area contributed by atoms with Crippen molar-refractivity contribution in [1.29, 1.82) is 0 Å². The van der Waals surface area contributed by atoms with Gasteiger partial charge in [-0.1, -0.05) is 39.0 Å². The van der Waals surface area contributed by atoms with E-state index in [1.54, 1.807) is 47.7 Å². The van der Waals surface area contributed by atoms with Crippen LogP contribution in [0.3, 0.4) is 0 Å². The zero-order chi connectivity index (χ0) is 52.6. The van der Waals surface area contributed by atoms with Gasteiger partial charge in [0.05, 0.1) is 47.1 Å². The average Bonchev–Trinajstić information content (AvgIpc) is 3.32. The summed E-state index contributed by atoms with van der Waals surface area (Å²) >= 11 is 0. The van der Waals surface area contributed by atoms with Crippen molar-refractivity contribution in [2.24, 2.45) is 17.8 Å². The smallest absolute Gasteiger partial charge is 0.311 e. The van der Waals surface area contributed by atoms with Gasteiger partial charge in [-0.05, 0) is 119 Å². The first kappa shape index (κ1) is 58.8. The molecule has 404 valence electrons. The normalized spacial score (nSPS) is 39.4. The lowest BCUT2D eigenvalue weighted by Crippen LogP contribution is -2.61. The van der Waals surface area contributed by atoms with Crippen molar-refractivity contribution in [1.82, 2.24) is 20.1 Å². The van der Waals surface area contributed by atoms with E-state index in [0.717, 1.165) is 16.6 Å². The van der Waals surface area contributed by atoms with Crippen LogP contribution < -0.4 is 10.6 Å². The number of likely N-dealkylation sites (N-methyl/N-ethyl adjacent to an activating group) is 2. The molecular formula is C53H89N5O13. The van der Waals surface area contributed by atoms with E-state index in [-0.39, 0.29) is 37.2 Å². The largest absolute Gasteiger partial charge is 0.459 e. The minimum Gasteiger partial charge on any atom is -0.459 e. The average molecular weight is 1000 g/mol. The number of methoxy groups -OCH3 is 1. The number of para-hydroxylation sites is 1. The second-order valence-electron chi connectivity index (χ2n) is 21.8. The predicted molar refractivity (Wildman–Crippen MR) is 270 cm³/mol. The Labute approximate surface area is 422 Å². The highest BCUT2D eigenvalue weighted by molar-refractivity contribution is 5.90. The lowest BCUT2D eigenvalue weighted by atomic mass is 9.77. The summed E-state index contributed by atoms with van der Waals surface area (Å²) in [6.45, 7) is 19.6. The Balaban J connectivity index is 1.33. The molecule has 3 aliphatic heterocycles. The first-order valence-corrected chi connectivity index (χ1v) is 26.0. The van der Waals surface area contributed by atoms with Crippen molar-refractivity contribution in [3.63, 3.8) is 0 Å². The van der Waals surface area contributed by atoms with Gasteiger partial charge in [0.15, 0.2) is 12.6 Å². The molecule has 1 aromatic heterocycles. The number of carbonyl (C=O) groups excluding carboxylic acids is 2. The first-order valence-electron chi connectivity index (χ1n) is 26.0. The lowest BCUT2D eigenvalue weighted by Gasteiger charge is -2.49. The minimum absolute atomic E-state index is 0.0352. The topological polar surface area (TPSA) is 234 Å². The molecule has 0 unspecified atom stereocenters. The van der Waals surface area contributed by atoms with Gasteiger partial charge < -0.3 is 74.4 Å². The first-order chi connectivity index (χ1) is 33.3. The molecule has 0 saturated carbocycles. The van der Waals surface area contributed by atoms with Gasteiger partial charge in [0, 0.05) is 74.9 Å². The fraction of sp³-hybridized carbons (Fsp3) is 0.792. The minimum atomic E-state index is -1.84. The van der Waals surface area contributed by atoms with Crippen molar-refractivity contribution in [3.8, 4) is 0 Å². The molecule has 7 N–H and O–H groups in total. The molecule has 3 aliphatic rings. The van der Waals surface area contributed by atoms with Crippen molar-refractivity contribution >= 4 is 28.5 Å². The molecule has 1 aromatic carbocycles. The van der Waals surface area contributed by atoms with Crippen LogP contribution in [-0.2, 0) is 38.0 Å². The molecule has 2 aromatic rings. The van der Waals surface area contributed by atoms with Crippen LogP contribution in [0.2, 0.25) is 0 Å². The van der Waals surface area contributed by atoms with Gasteiger partial charge in [-0.25, -0.2) is 0 Å². The maximum absolute atomic E-state index is 14.5. The molecular weight excluding hydrogens is 915 g/mol. The monoisotopic (exact) mass is 1000 g/mol. The van der Waals surface area contributed by atoms with E-state index in [1.807, 2.05) is 75.0 Å². The van der Waals surface area contributed by atoms with Crippen LogP contribution in [-0.4, -0.2) is 190 Å². The van der Waals surface area contributed by atoms with Gasteiger partial charge in [0.1, 0.15) is 30.0 Å². The third-order valence-electron chi connectivity index (χ3n) is 15.7. The number of benzene rings is 1. The predicted octanol–water partition coefficient (Wildman–Crippen LogP) is 4.22. The Morgan fingerprint density at radius 1 is 0.958 bits per heavy atom. The summed E-state index contributed by atoms with van der Waals surface area (Å²) in [4.78, 5) is 35.6. The Bertz CT molecular complexity index is 1990. The third kappa shape index (κ3) is 14.6. The number of hydrogen-bond donors (Lipinski definition) is 7. The van der Waals surface area contributed by atoms with Crippen molar-refractivity contribution < 1.29 is 63.5 Å². The van der Waals surface area contributed by atoms with E-state index in [9.17, 15) is 35.1 Å². The van der Waals surface area contributed by atoms with Gasteiger partial charge in [0.2, 0.25) is 5.91 Å². The second-order valence-corrected chi connectivity index (χ2v) is 21.8. The fourth-order valence-corrected chi connectivity index (χ4v) is 11.2. The number of nitrogens with one attached hydrogen (secondary N) is 2. The number of esters is 1. The summed E-state index contributed by atoms with van der Waals surface area (Å²) in [7, 11) is 5.26.